The van der Waals surface area contributed by atoms with Crippen LogP contribution in [0.3, 0.4) is 0 Å². The second kappa shape index (κ2) is 4.31. The molecule has 0 bridgehead atoms. The van der Waals surface area contributed by atoms with E-state index < -0.39 is 12.1 Å². The molecule has 2 nitrogen and oxygen atoms in total. The van der Waals surface area contributed by atoms with Crippen molar-refractivity contribution in [2.45, 2.75) is 12.6 Å². The van der Waals surface area contributed by atoms with Gasteiger partial charge < -0.3 is 5.11 Å². The van der Waals surface area contributed by atoms with E-state index in [4.69, 9.17) is 5.11 Å². The monoisotopic (exact) mass is 218 g/mol. The molecule has 0 aromatic heterocycles. The number of fused-ring (bicyclic) bond motifs is 1. The summed E-state index contributed by atoms with van der Waals surface area (Å²) in [6.07, 6.45) is -1.92. The molecule has 2 aromatic carbocycles. The van der Waals surface area contributed by atoms with Gasteiger partial charge in [0.25, 0.3) is 0 Å². The highest BCUT2D eigenvalue weighted by Gasteiger charge is 2.15. The number of hydrogen-bond donors (Lipinski definition) is 1. The largest absolute Gasteiger partial charge is 0.479 e. The maximum Gasteiger partial charge on any atom is 0.338 e. The van der Waals surface area contributed by atoms with E-state index in [1.165, 1.54) is 0 Å². The highest BCUT2D eigenvalue weighted by atomic mass is 19.1. The maximum absolute atomic E-state index is 13.0. The van der Waals surface area contributed by atoms with Crippen molar-refractivity contribution < 1.29 is 14.3 Å². The Labute approximate surface area is 92.3 Å². The topological polar surface area (TPSA) is 37.3 Å². The van der Waals surface area contributed by atoms with Gasteiger partial charge in [-0.1, -0.05) is 42.5 Å². The van der Waals surface area contributed by atoms with E-state index in [1.54, 1.807) is 6.07 Å². The number of benzene rings is 2. The van der Waals surface area contributed by atoms with Crippen LogP contribution in [0.5, 0.6) is 0 Å². The lowest BCUT2D eigenvalue weighted by molar-refractivity contribution is -0.142. The van der Waals surface area contributed by atoms with Crippen LogP contribution in [0.2, 0.25) is 0 Å². The molecular formula is C13H11FO2. The molecule has 0 heterocycles. The molecule has 82 valence electrons. The molecule has 0 spiro atoms. The summed E-state index contributed by atoms with van der Waals surface area (Å²) >= 11 is 0. The summed E-state index contributed by atoms with van der Waals surface area (Å²) in [7, 11) is 0. The third kappa shape index (κ3) is 2.19. The smallest absolute Gasteiger partial charge is 0.338 e. The zero-order chi connectivity index (χ0) is 11.5. The molecule has 1 atom stereocenters. The number of halogens is 1. The van der Waals surface area contributed by atoms with E-state index in [0.717, 1.165) is 10.8 Å². The number of rotatable bonds is 3. The van der Waals surface area contributed by atoms with E-state index in [2.05, 4.69) is 0 Å². The molecule has 0 saturated carbocycles. The van der Waals surface area contributed by atoms with Crippen molar-refractivity contribution in [3.63, 3.8) is 0 Å². The predicted octanol–water partition coefficient (Wildman–Crippen LogP) is 2.81. The third-order valence-corrected chi connectivity index (χ3v) is 2.50. The number of hydrogen-bond acceptors (Lipinski definition) is 1. The van der Waals surface area contributed by atoms with E-state index in [1.807, 2.05) is 36.4 Å². The second-order valence-electron chi connectivity index (χ2n) is 3.69. The lowest BCUT2D eigenvalue weighted by Crippen LogP contribution is -2.17. The normalized spacial score (nSPS) is 12.6. The summed E-state index contributed by atoms with van der Waals surface area (Å²) in [6.45, 7) is 0. The second-order valence-corrected chi connectivity index (χ2v) is 3.69. The molecular weight excluding hydrogens is 207 g/mol. The first-order valence-electron chi connectivity index (χ1n) is 5.01. The van der Waals surface area contributed by atoms with Crippen LogP contribution in [0, 0.1) is 0 Å². The van der Waals surface area contributed by atoms with Gasteiger partial charge in [0, 0.05) is 6.42 Å². The van der Waals surface area contributed by atoms with Crippen molar-refractivity contribution in [3.8, 4) is 0 Å². The fourth-order valence-electron chi connectivity index (χ4n) is 1.66. The third-order valence-electron chi connectivity index (χ3n) is 2.50. The Morgan fingerprint density at radius 2 is 1.88 bits per heavy atom. The van der Waals surface area contributed by atoms with Gasteiger partial charge in [0.2, 0.25) is 6.17 Å². The summed E-state index contributed by atoms with van der Waals surface area (Å²) in [5.41, 5.74) is 0.702. The van der Waals surface area contributed by atoms with Crippen LogP contribution >= 0.6 is 0 Å². The molecule has 1 N–H and O–H groups in total. The molecule has 16 heavy (non-hydrogen) atoms. The summed E-state index contributed by atoms with van der Waals surface area (Å²) in [5.74, 6) is -1.41. The zero-order valence-corrected chi connectivity index (χ0v) is 8.56. The molecule has 0 radical (unpaired) electrons. The number of aliphatic carboxylic acids is 1. The quantitative estimate of drug-likeness (QED) is 0.860. The van der Waals surface area contributed by atoms with Crippen LogP contribution in [-0.2, 0) is 11.2 Å². The SMILES string of the molecule is O=C(O)[C@H](F)Cc1ccc2ccccc2c1. The van der Waals surface area contributed by atoms with Crippen LogP contribution in [0.4, 0.5) is 4.39 Å². The molecule has 0 unspecified atom stereocenters. The Morgan fingerprint density at radius 1 is 1.19 bits per heavy atom. The van der Waals surface area contributed by atoms with Crippen LogP contribution in [0.15, 0.2) is 42.5 Å². The molecule has 2 aromatic rings. The van der Waals surface area contributed by atoms with Gasteiger partial charge in [-0.3, -0.25) is 0 Å². The van der Waals surface area contributed by atoms with E-state index in [0.29, 0.717) is 5.56 Å². The molecule has 0 fully saturated rings. The Balaban J connectivity index is 2.29. The average Bonchev–Trinajstić information content (AvgIpc) is 2.28. The summed E-state index contributed by atoms with van der Waals surface area (Å²) in [4.78, 5) is 10.4. The minimum absolute atomic E-state index is 0.0832. The molecule has 3 heteroatoms. The molecule has 0 aliphatic rings. The van der Waals surface area contributed by atoms with E-state index >= 15 is 0 Å². The summed E-state index contributed by atoms with van der Waals surface area (Å²) in [6, 6.07) is 13.2. The highest BCUT2D eigenvalue weighted by Crippen LogP contribution is 2.17. The molecule has 0 aliphatic carbocycles. The van der Waals surface area contributed by atoms with Gasteiger partial charge in [-0.05, 0) is 16.3 Å². The average molecular weight is 218 g/mol. The maximum atomic E-state index is 13.0. The van der Waals surface area contributed by atoms with E-state index in [9.17, 15) is 9.18 Å². The predicted molar refractivity (Wildman–Crippen MR) is 60.2 cm³/mol. The molecule has 0 aliphatic heterocycles. The Hall–Kier alpha value is -1.90. The van der Waals surface area contributed by atoms with Crippen molar-refractivity contribution in [2.24, 2.45) is 0 Å². The molecule has 0 saturated heterocycles. The Morgan fingerprint density at radius 3 is 2.56 bits per heavy atom. The van der Waals surface area contributed by atoms with Crippen LogP contribution in [-0.4, -0.2) is 17.2 Å². The van der Waals surface area contributed by atoms with Crippen molar-refractivity contribution >= 4 is 16.7 Å². The van der Waals surface area contributed by atoms with Crippen molar-refractivity contribution in [1.82, 2.24) is 0 Å². The Bertz CT molecular complexity index is 522. The Kier molecular flexibility index (Phi) is 2.86. The van der Waals surface area contributed by atoms with Crippen LogP contribution in [0.25, 0.3) is 10.8 Å². The minimum atomic E-state index is -1.83. The fraction of sp³-hybridized carbons (Fsp3) is 0.154. The van der Waals surface area contributed by atoms with Gasteiger partial charge in [0.15, 0.2) is 0 Å². The molecule has 0 amide bonds. The van der Waals surface area contributed by atoms with Crippen molar-refractivity contribution in [1.29, 1.82) is 0 Å². The minimum Gasteiger partial charge on any atom is -0.479 e. The summed E-state index contributed by atoms with van der Waals surface area (Å²) < 4.78 is 13.0. The van der Waals surface area contributed by atoms with Crippen molar-refractivity contribution in [2.75, 3.05) is 0 Å². The highest BCUT2D eigenvalue weighted by molar-refractivity contribution is 5.83. The number of carbonyl (C=O) groups is 1. The first-order chi connectivity index (χ1) is 7.66. The zero-order valence-electron chi connectivity index (χ0n) is 8.56. The standard InChI is InChI=1S/C13H11FO2/c14-12(13(15)16)8-9-5-6-10-3-1-2-4-11(10)7-9/h1-7,12H,8H2,(H,15,16)/t12-/m1/s1. The van der Waals surface area contributed by atoms with Gasteiger partial charge in [-0.2, -0.15) is 0 Å². The fourth-order valence-corrected chi connectivity index (χ4v) is 1.66. The van der Waals surface area contributed by atoms with Crippen LogP contribution < -0.4 is 0 Å². The first-order valence-corrected chi connectivity index (χ1v) is 5.01. The van der Waals surface area contributed by atoms with Gasteiger partial charge in [0.1, 0.15) is 0 Å². The number of carboxylic acids is 1. The number of alkyl halides is 1. The lowest BCUT2D eigenvalue weighted by Gasteiger charge is -2.05. The van der Waals surface area contributed by atoms with Gasteiger partial charge in [-0.25, -0.2) is 9.18 Å². The first kappa shape index (κ1) is 10.6. The van der Waals surface area contributed by atoms with Crippen molar-refractivity contribution in [3.05, 3.63) is 48.0 Å². The van der Waals surface area contributed by atoms with Gasteiger partial charge >= 0.3 is 5.97 Å². The van der Waals surface area contributed by atoms with E-state index in [-0.39, 0.29) is 6.42 Å². The van der Waals surface area contributed by atoms with Gasteiger partial charge in [0.05, 0.1) is 0 Å². The summed E-state index contributed by atoms with van der Waals surface area (Å²) in [5, 5.41) is 10.5. The van der Waals surface area contributed by atoms with Crippen LogP contribution in [0.1, 0.15) is 5.56 Å². The molecule has 2 rings (SSSR count). The lowest BCUT2D eigenvalue weighted by atomic mass is 10.0. The van der Waals surface area contributed by atoms with Gasteiger partial charge in [-0.15, -0.1) is 0 Å². The number of carboxylic acid groups (broad SMARTS) is 1.